The average Bonchev–Trinajstić information content (AvgIpc) is 3.03. The zero-order valence-electron chi connectivity index (χ0n) is 11.7. The van der Waals surface area contributed by atoms with E-state index in [-0.39, 0.29) is 24.7 Å². The molecule has 1 saturated carbocycles. The van der Waals surface area contributed by atoms with Gasteiger partial charge < -0.3 is 15.2 Å². The number of hydrogen-bond acceptors (Lipinski definition) is 4. The summed E-state index contributed by atoms with van der Waals surface area (Å²) in [5.41, 5.74) is 0.974. The smallest absolute Gasteiger partial charge is 0.261 e. The average molecular weight is 293 g/mol. The van der Waals surface area contributed by atoms with Crippen molar-refractivity contribution in [2.24, 2.45) is 0 Å². The Bertz CT molecular complexity index is 541. The molecule has 2 rings (SSSR count). The van der Waals surface area contributed by atoms with Crippen LogP contribution >= 0.6 is 11.3 Å². The minimum absolute atomic E-state index is 0.0445. The number of aliphatic hydroxyl groups excluding tert-OH is 1. The predicted octanol–water partition coefficient (Wildman–Crippen LogP) is 1.70. The second-order valence-electron chi connectivity index (χ2n) is 4.92. The van der Waals surface area contributed by atoms with Crippen molar-refractivity contribution in [3.05, 3.63) is 21.4 Å². The van der Waals surface area contributed by atoms with Crippen molar-refractivity contribution in [2.45, 2.75) is 38.3 Å². The summed E-state index contributed by atoms with van der Waals surface area (Å²) in [6.45, 7) is 1.75. The van der Waals surface area contributed by atoms with Crippen LogP contribution in [0.15, 0.2) is 6.07 Å². The molecule has 1 aliphatic carbocycles. The number of amides is 1. The molecule has 4 nitrogen and oxygen atoms in total. The summed E-state index contributed by atoms with van der Waals surface area (Å²) in [4.78, 5) is 13.7. The van der Waals surface area contributed by atoms with Gasteiger partial charge in [-0.3, -0.25) is 4.79 Å². The van der Waals surface area contributed by atoms with Gasteiger partial charge in [0, 0.05) is 13.2 Å². The van der Waals surface area contributed by atoms with E-state index in [0.717, 1.165) is 29.7 Å². The van der Waals surface area contributed by atoms with Gasteiger partial charge in [0.25, 0.3) is 5.91 Å². The number of aryl methyl sites for hydroxylation is 1. The van der Waals surface area contributed by atoms with E-state index in [1.807, 2.05) is 13.0 Å². The van der Waals surface area contributed by atoms with E-state index < -0.39 is 0 Å². The van der Waals surface area contributed by atoms with E-state index >= 15 is 0 Å². The van der Waals surface area contributed by atoms with Gasteiger partial charge in [0.1, 0.15) is 6.61 Å². The lowest BCUT2D eigenvalue weighted by molar-refractivity contribution is 0.0918. The highest BCUT2D eigenvalue weighted by Crippen LogP contribution is 2.24. The second kappa shape index (κ2) is 6.89. The number of hydrogen-bond donors (Lipinski definition) is 2. The summed E-state index contributed by atoms with van der Waals surface area (Å²) < 4.78 is 5.31. The van der Waals surface area contributed by atoms with Gasteiger partial charge in [-0.25, -0.2) is 0 Å². The fourth-order valence-electron chi connectivity index (χ4n) is 2.38. The molecule has 0 aliphatic heterocycles. The van der Waals surface area contributed by atoms with Gasteiger partial charge in [0.15, 0.2) is 0 Å². The van der Waals surface area contributed by atoms with Gasteiger partial charge in [-0.1, -0.05) is 11.8 Å². The van der Waals surface area contributed by atoms with Crippen molar-refractivity contribution in [3.63, 3.8) is 0 Å². The zero-order valence-corrected chi connectivity index (χ0v) is 12.5. The van der Waals surface area contributed by atoms with Crippen LogP contribution in [0.5, 0.6) is 0 Å². The SMILES string of the molecule is COC1CCC(NC(=O)c2cc(C)c(C#CCO)s2)C1. The molecular formula is C15H19NO3S. The topological polar surface area (TPSA) is 58.6 Å². The summed E-state index contributed by atoms with van der Waals surface area (Å²) in [5.74, 6) is 5.43. The monoisotopic (exact) mass is 293 g/mol. The van der Waals surface area contributed by atoms with Crippen LogP contribution in [0.3, 0.4) is 0 Å². The van der Waals surface area contributed by atoms with Gasteiger partial charge in [0.2, 0.25) is 0 Å². The van der Waals surface area contributed by atoms with Crippen molar-refractivity contribution in [1.82, 2.24) is 5.32 Å². The Morgan fingerprint density at radius 3 is 3.05 bits per heavy atom. The maximum absolute atomic E-state index is 12.2. The first kappa shape index (κ1) is 15.0. The molecule has 5 heteroatoms. The number of carbonyl (C=O) groups excluding carboxylic acids is 1. The maximum atomic E-state index is 12.2. The van der Waals surface area contributed by atoms with Crippen molar-refractivity contribution in [3.8, 4) is 11.8 Å². The molecule has 0 saturated heterocycles. The van der Waals surface area contributed by atoms with Crippen molar-refractivity contribution in [2.75, 3.05) is 13.7 Å². The van der Waals surface area contributed by atoms with Crippen LogP contribution < -0.4 is 5.32 Å². The minimum atomic E-state index is -0.167. The number of methoxy groups -OCH3 is 1. The predicted molar refractivity (Wildman–Crippen MR) is 78.9 cm³/mol. The molecule has 0 bridgehead atoms. The molecule has 108 valence electrons. The Morgan fingerprint density at radius 1 is 1.60 bits per heavy atom. The molecule has 2 N–H and O–H groups in total. The normalized spacial score (nSPS) is 21.4. The maximum Gasteiger partial charge on any atom is 0.261 e. The highest BCUT2D eigenvalue weighted by Gasteiger charge is 2.26. The first-order valence-corrected chi connectivity index (χ1v) is 7.49. The molecule has 2 atom stereocenters. The lowest BCUT2D eigenvalue weighted by Crippen LogP contribution is -2.32. The van der Waals surface area contributed by atoms with Crippen molar-refractivity contribution in [1.29, 1.82) is 0 Å². The van der Waals surface area contributed by atoms with E-state index in [9.17, 15) is 4.79 Å². The van der Waals surface area contributed by atoms with Gasteiger partial charge in [0.05, 0.1) is 15.9 Å². The fraction of sp³-hybridized carbons (Fsp3) is 0.533. The molecule has 1 aromatic rings. The Morgan fingerprint density at radius 2 is 2.40 bits per heavy atom. The first-order valence-electron chi connectivity index (χ1n) is 6.68. The molecule has 1 fully saturated rings. The Balaban J connectivity index is 1.99. The summed E-state index contributed by atoms with van der Waals surface area (Å²) in [6, 6.07) is 2.05. The molecule has 20 heavy (non-hydrogen) atoms. The van der Waals surface area contributed by atoms with Gasteiger partial charge in [-0.15, -0.1) is 11.3 Å². The van der Waals surface area contributed by atoms with E-state index in [1.165, 1.54) is 11.3 Å². The van der Waals surface area contributed by atoms with Crippen LogP contribution in [0.2, 0.25) is 0 Å². The first-order chi connectivity index (χ1) is 9.63. The summed E-state index contributed by atoms with van der Waals surface area (Å²) in [5, 5.41) is 11.8. The minimum Gasteiger partial charge on any atom is -0.384 e. The number of aliphatic hydroxyl groups is 1. The van der Waals surface area contributed by atoms with Crippen LogP contribution in [0.25, 0.3) is 0 Å². The van der Waals surface area contributed by atoms with E-state index in [1.54, 1.807) is 7.11 Å². The van der Waals surface area contributed by atoms with Gasteiger partial charge in [-0.05, 0) is 37.8 Å². The summed E-state index contributed by atoms with van der Waals surface area (Å²) in [6.07, 6.45) is 3.10. The largest absolute Gasteiger partial charge is 0.384 e. The highest BCUT2D eigenvalue weighted by molar-refractivity contribution is 7.14. The standard InChI is InChI=1S/C15H19NO3S/c1-10-8-14(20-13(10)4-3-7-17)15(18)16-11-5-6-12(9-11)19-2/h8,11-12,17H,5-7,9H2,1-2H3,(H,16,18). The Labute approximate surface area is 123 Å². The van der Waals surface area contributed by atoms with E-state index in [0.29, 0.717) is 4.88 Å². The van der Waals surface area contributed by atoms with Crippen molar-refractivity contribution < 1.29 is 14.6 Å². The zero-order chi connectivity index (χ0) is 14.5. The quantitative estimate of drug-likeness (QED) is 0.834. The van der Waals surface area contributed by atoms with E-state index in [2.05, 4.69) is 17.2 Å². The third kappa shape index (κ3) is 3.60. The fourth-order valence-corrected chi connectivity index (χ4v) is 3.33. The molecule has 0 spiro atoms. The molecule has 1 aliphatic rings. The molecule has 1 heterocycles. The van der Waals surface area contributed by atoms with Gasteiger partial charge >= 0.3 is 0 Å². The summed E-state index contributed by atoms with van der Waals surface area (Å²) in [7, 11) is 1.71. The lowest BCUT2D eigenvalue weighted by Gasteiger charge is -2.11. The van der Waals surface area contributed by atoms with Crippen LogP contribution in [0.4, 0.5) is 0 Å². The van der Waals surface area contributed by atoms with Crippen LogP contribution in [-0.4, -0.2) is 36.9 Å². The molecule has 0 aromatic carbocycles. The Hall–Kier alpha value is -1.35. The van der Waals surface area contributed by atoms with E-state index in [4.69, 9.17) is 9.84 Å². The number of carbonyl (C=O) groups is 1. The number of rotatable bonds is 3. The van der Waals surface area contributed by atoms with Crippen LogP contribution in [0.1, 0.15) is 39.4 Å². The number of nitrogens with one attached hydrogen (secondary N) is 1. The summed E-state index contributed by atoms with van der Waals surface area (Å²) >= 11 is 1.37. The Kier molecular flexibility index (Phi) is 5.18. The number of thiophene rings is 1. The third-order valence-corrected chi connectivity index (χ3v) is 4.63. The number of ether oxygens (including phenoxy) is 1. The molecular weight excluding hydrogens is 274 g/mol. The third-order valence-electron chi connectivity index (χ3n) is 3.48. The van der Waals surface area contributed by atoms with Crippen LogP contribution in [0, 0.1) is 18.8 Å². The lowest BCUT2D eigenvalue weighted by atomic mass is 10.2. The molecule has 1 amide bonds. The second-order valence-corrected chi connectivity index (χ2v) is 5.98. The van der Waals surface area contributed by atoms with Crippen molar-refractivity contribution >= 4 is 17.2 Å². The molecule has 2 unspecified atom stereocenters. The van der Waals surface area contributed by atoms with Gasteiger partial charge in [-0.2, -0.15) is 0 Å². The molecule has 0 radical (unpaired) electrons. The van der Waals surface area contributed by atoms with Crippen LogP contribution in [-0.2, 0) is 4.74 Å². The molecule has 1 aromatic heterocycles. The highest BCUT2D eigenvalue weighted by atomic mass is 32.1.